The van der Waals surface area contributed by atoms with Crippen molar-refractivity contribution in [2.75, 3.05) is 0 Å². The van der Waals surface area contributed by atoms with Gasteiger partial charge in [0.15, 0.2) is 0 Å². The van der Waals surface area contributed by atoms with Crippen LogP contribution < -0.4 is 0 Å². The summed E-state index contributed by atoms with van der Waals surface area (Å²) < 4.78 is 14.4. The normalized spacial score (nSPS) is 12.5. The van der Waals surface area contributed by atoms with E-state index in [4.69, 9.17) is 0 Å². The van der Waals surface area contributed by atoms with E-state index in [9.17, 15) is 0 Å². The molecule has 0 bridgehead atoms. The van der Waals surface area contributed by atoms with Crippen molar-refractivity contribution >= 4 is 77.2 Å². The average molecular weight is 521 g/mol. The van der Waals surface area contributed by atoms with Crippen LogP contribution in [0.3, 0.4) is 0 Å². The Kier molecular flexibility index (Phi) is 3.98. The minimum atomic E-state index is 1.19. The first kappa shape index (κ1) is 21.8. The number of nitrogens with zero attached hydrogens (tertiary/aromatic N) is 6. The highest BCUT2D eigenvalue weighted by atomic mass is 15.1. The summed E-state index contributed by atoms with van der Waals surface area (Å²) in [5.74, 6) is 0. The summed E-state index contributed by atoms with van der Waals surface area (Å²) in [6, 6.07) is 35.4. The van der Waals surface area contributed by atoms with Crippen molar-refractivity contribution in [1.82, 2.24) is 27.1 Å². The van der Waals surface area contributed by atoms with Crippen LogP contribution in [0.4, 0.5) is 0 Å². The van der Waals surface area contributed by atoms with Crippen LogP contribution in [-0.4, -0.2) is 27.1 Å². The van der Waals surface area contributed by atoms with Gasteiger partial charge >= 0.3 is 0 Å². The molecule has 5 aromatic carbocycles. The average Bonchev–Trinajstić information content (AvgIpc) is 3.00. The fraction of sp³-hybridized carbons (Fsp3) is 0.118. The molecule has 194 valence electrons. The summed E-state index contributed by atoms with van der Waals surface area (Å²) in [6.45, 7) is 0. The monoisotopic (exact) mass is 520 g/mol. The van der Waals surface area contributed by atoms with Crippen molar-refractivity contribution in [3.8, 4) is 0 Å². The molecule has 9 rings (SSSR count). The Morgan fingerprint density at radius 3 is 1.23 bits per heavy atom. The van der Waals surface area contributed by atoms with E-state index in [2.05, 4.69) is 152 Å². The summed E-state index contributed by atoms with van der Waals surface area (Å²) in [6.07, 6.45) is 0. The number of aryl methyl sites for hydroxylation is 4. The molecular formula is C34H28N6. The highest BCUT2D eigenvalue weighted by Crippen LogP contribution is 2.37. The Morgan fingerprint density at radius 1 is 0.275 bits per heavy atom. The second-order valence-electron chi connectivity index (χ2n) is 11.0. The van der Waals surface area contributed by atoms with Crippen molar-refractivity contribution in [3.63, 3.8) is 0 Å². The Bertz CT molecular complexity index is 2570. The van der Waals surface area contributed by atoms with Gasteiger partial charge in [-0.2, -0.15) is 0 Å². The van der Waals surface area contributed by atoms with Gasteiger partial charge in [-0.1, -0.05) is 36.4 Å². The third kappa shape index (κ3) is 2.41. The molecule has 4 aromatic heterocycles. The number of rotatable bonds is 0. The van der Waals surface area contributed by atoms with Gasteiger partial charge in [-0.15, -0.1) is 0 Å². The number of benzene rings is 5. The Labute approximate surface area is 229 Å². The molecule has 40 heavy (non-hydrogen) atoms. The van der Waals surface area contributed by atoms with Crippen LogP contribution in [0.15, 0.2) is 97.1 Å². The van der Waals surface area contributed by atoms with Crippen molar-refractivity contribution in [1.29, 1.82) is 0 Å². The molecule has 0 unspecified atom stereocenters. The van der Waals surface area contributed by atoms with Crippen LogP contribution >= 0.6 is 0 Å². The quantitative estimate of drug-likeness (QED) is 0.146. The predicted octanol–water partition coefficient (Wildman–Crippen LogP) is 7.59. The summed E-state index contributed by atoms with van der Waals surface area (Å²) in [5.41, 5.74) is 16.8. The van der Waals surface area contributed by atoms with E-state index >= 15 is 0 Å². The second kappa shape index (κ2) is 7.30. The van der Waals surface area contributed by atoms with Gasteiger partial charge < -0.3 is 27.1 Å². The molecule has 0 aliphatic heterocycles. The van der Waals surface area contributed by atoms with E-state index in [1.54, 1.807) is 0 Å². The lowest BCUT2D eigenvalue weighted by Gasteiger charge is -2.25. The molecule has 0 saturated carbocycles. The largest absolute Gasteiger partial charge is 0.341 e. The third-order valence-corrected chi connectivity index (χ3v) is 9.12. The standard InChI is InChI=1S/C34H28N6/c1-35-21-11-5-7-13-23(21)39-30-20-19-29-34(33(30)38(4)28-18-10-15-25(35)31(28)39)40-24-14-8-6-12-22(24)36(2)26-16-9-17-27(32(26)40)37(29)3/h5-20H,1-4H3. The highest BCUT2D eigenvalue weighted by Gasteiger charge is 2.21. The molecule has 6 nitrogen and oxygen atoms in total. The summed E-state index contributed by atoms with van der Waals surface area (Å²) in [7, 11) is 8.75. The smallest absolute Gasteiger partial charge is 0.0962 e. The molecule has 0 aliphatic carbocycles. The van der Waals surface area contributed by atoms with Gasteiger partial charge in [0.2, 0.25) is 0 Å². The molecule has 0 N–H and O–H groups in total. The second-order valence-corrected chi connectivity index (χ2v) is 11.0. The van der Waals surface area contributed by atoms with E-state index in [1.165, 1.54) is 77.2 Å². The van der Waals surface area contributed by atoms with Gasteiger partial charge in [-0.3, -0.25) is 0 Å². The molecule has 0 aliphatic rings. The third-order valence-electron chi connectivity index (χ3n) is 9.12. The lowest BCUT2D eigenvalue weighted by Crippen LogP contribution is -2.13. The van der Waals surface area contributed by atoms with E-state index in [1.807, 2.05) is 0 Å². The van der Waals surface area contributed by atoms with Crippen LogP contribution in [0, 0.1) is 0 Å². The van der Waals surface area contributed by atoms with Crippen LogP contribution in [0.5, 0.6) is 0 Å². The maximum absolute atomic E-state index is 2.50. The zero-order chi connectivity index (χ0) is 26.9. The van der Waals surface area contributed by atoms with Crippen LogP contribution in [0.25, 0.3) is 77.2 Å². The van der Waals surface area contributed by atoms with Gasteiger partial charge in [-0.25, -0.2) is 0 Å². The Morgan fingerprint density at radius 2 is 0.650 bits per heavy atom. The van der Waals surface area contributed by atoms with E-state index < -0.39 is 0 Å². The fourth-order valence-electron chi connectivity index (χ4n) is 7.25. The number of para-hydroxylation sites is 6. The van der Waals surface area contributed by atoms with Crippen LogP contribution in [0.2, 0.25) is 0 Å². The first-order chi connectivity index (χ1) is 19.6. The van der Waals surface area contributed by atoms with E-state index in [0.29, 0.717) is 0 Å². The first-order valence-corrected chi connectivity index (χ1v) is 13.7. The molecule has 0 saturated heterocycles. The van der Waals surface area contributed by atoms with E-state index in [-0.39, 0.29) is 0 Å². The number of fused-ring (bicyclic) bond motifs is 9. The van der Waals surface area contributed by atoms with Crippen molar-refractivity contribution in [2.45, 2.75) is 0 Å². The summed E-state index contributed by atoms with van der Waals surface area (Å²) in [5, 5.41) is 0. The molecule has 0 spiro atoms. The maximum Gasteiger partial charge on any atom is 0.0962 e. The van der Waals surface area contributed by atoms with Crippen LogP contribution in [-0.2, 0) is 28.2 Å². The predicted molar refractivity (Wildman–Crippen MR) is 167 cm³/mol. The number of hydrogen-bond acceptors (Lipinski definition) is 0. The number of hydrogen-bond donors (Lipinski definition) is 0. The maximum atomic E-state index is 2.50. The van der Waals surface area contributed by atoms with Gasteiger partial charge in [0.25, 0.3) is 0 Å². The lowest BCUT2D eigenvalue weighted by molar-refractivity contribution is 0.952. The van der Waals surface area contributed by atoms with Crippen molar-refractivity contribution < 1.29 is 0 Å². The molecule has 6 heteroatoms. The Hall–Kier alpha value is -5.10. The van der Waals surface area contributed by atoms with Crippen LogP contribution in [0.1, 0.15) is 0 Å². The van der Waals surface area contributed by atoms with Crippen molar-refractivity contribution in [2.24, 2.45) is 28.2 Å². The summed E-state index contributed by atoms with van der Waals surface area (Å²) >= 11 is 0. The zero-order valence-corrected chi connectivity index (χ0v) is 22.9. The molecule has 0 radical (unpaired) electrons. The minimum Gasteiger partial charge on any atom is -0.341 e. The summed E-state index contributed by atoms with van der Waals surface area (Å²) in [4.78, 5) is 0. The minimum absolute atomic E-state index is 1.19. The highest BCUT2D eigenvalue weighted by molar-refractivity contribution is 6.13. The topological polar surface area (TPSA) is 28.5 Å². The molecular weight excluding hydrogens is 492 g/mol. The molecule has 0 amide bonds. The fourth-order valence-corrected chi connectivity index (χ4v) is 7.25. The van der Waals surface area contributed by atoms with Gasteiger partial charge in [0.05, 0.1) is 77.2 Å². The van der Waals surface area contributed by atoms with Gasteiger partial charge in [-0.05, 0) is 60.7 Å². The first-order valence-electron chi connectivity index (χ1n) is 13.7. The van der Waals surface area contributed by atoms with Gasteiger partial charge in [0.1, 0.15) is 0 Å². The molecule has 4 heterocycles. The Balaban J connectivity index is 1.72. The SMILES string of the molecule is Cn1c2ccccc2n2c3ccc4c(c3n(C)c3cccc1c32)n1c2ccccc2n(C)c2cccc(c21)n4C. The van der Waals surface area contributed by atoms with Gasteiger partial charge in [0, 0.05) is 28.2 Å². The lowest BCUT2D eigenvalue weighted by atomic mass is 10.1. The molecule has 9 aromatic rings. The zero-order valence-electron chi connectivity index (χ0n) is 22.9. The molecule has 0 fully saturated rings. The molecule has 0 atom stereocenters. The van der Waals surface area contributed by atoms with E-state index in [0.717, 1.165) is 0 Å². The number of aromatic nitrogens is 6. The van der Waals surface area contributed by atoms with Crippen molar-refractivity contribution in [3.05, 3.63) is 97.1 Å².